The fraction of sp³-hybridized carbons (Fsp3) is 0.536. The summed E-state index contributed by atoms with van der Waals surface area (Å²) in [6.07, 6.45) is 6.26. The van der Waals surface area contributed by atoms with E-state index < -0.39 is 10.0 Å². The van der Waals surface area contributed by atoms with Crippen LogP contribution >= 0.6 is 0 Å². The number of carbonyl (C=O) groups excluding carboxylic acids is 1. The Morgan fingerprint density at radius 3 is 2.29 bits per heavy atom. The van der Waals surface area contributed by atoms with Crippen molar-refractivity contribution in [2.24, 2.45) is 16.5 Å². The van der Waals surface area contributed by atoms with Crippen molar-refractivity contribution >= 4 is 15.9 Å². The number of nitrogens with zero attached hydrogens (tertiary/aromatic N) is 1. The van der Waals surface area contributed by atoms with Gasteiger partial charge in [-0.1, -0.05) is 63.4 Å². The molecule has 3 aliphatic rings. The molecule has 2 atom stereocenters. The zero-order chi connectivity index (χ0) is 25.6. The average molecular weight is 499 g/mol. The van der Waals surface area contributed by atoms with Crippen LogP contribution in [-0.4, -0.2) is 36.9 Å². The van der Waals surface area contributed by atoms with Gasteiger partial charge in [0, 0.05) is 23.9 Å². The van der Waals surface area contributed by atoms with E-state index in [4.69, 9.17) is 5.14 Å². The van der Waals surface area contributed by atoms with E-state index in [-0.39, 0.29) is 27.7 Å². The van der Waals surface area contributed by atoms with Crippen LogP contribution in [0.2, 0.25) is 0 Å². The first-order valence-corrected chi connectivity index (χ1v) is 14.1. The quantitative estimate of drug-likeness (QED) is 0.628. The minimum atomic E-state index is -3.52. The van der Waals surface area contributed by atoms with E-state index >= 15 is 0 Å². The molecule has 35 heavy (non-hydrogen) atoms. The molecule has 0 aromatic heterocycles. The van der Waals surface area contributed by atoms with Crippen molar-refractivity contribution in [1.29, 1.82) is 0 Å². The molecule has 190 valence electrons. The van der Waals surface area contributed by atoms with E-state index in [0.717, 1.165) is 43.4 Å². The summed E-state index contributed by atoms with van der Waals surface area (Å²) in [5.41, 5.74) is 3.39. The number of fused-ring (bicyclic) bond motifs is 4. The SMILES string of the molecule is CC12CCN(C(=O)C3CCCC3)[C@H](Cc3c(O)cccc31)C2(C)C.Cc1ccc(S(N)(=O)=O)cc1. The fourth-order valence-electron chi connectivity index (χ4n) is 6.32. The predicted octanol–water partition coefficient (Wildman–Crippen LogP) is 4.67. The molecule has 2 bridgehead atoms. The first-order valence-electron chi connectivity index (χ1n) is 12.6. The molecule has 5 rings (SSSR count). The molecule has 2 aromatic rings. The van der Waals surface area contributed by atoms with Gasteiger partial charge in [-0.05, 0) is 67.3 Å². The number of primary sulfonamides is 1. The number of carbonyl (C=O) groups is 1. The van der Waals surface area contributed by atoms with Crippen LogP contribution in [0.25, 0.3) is 0 Å². The van der Waals surface area contributed by atoms with Crippen LogP contribution in [0.15, 0.2) is 47.4 Å². The van der Waals surface area contributed by atoms with E-state index in [0.29, 0.717) is 11.7 Å². The van der Waals surface area contributed by atoms with Crippen LogP contribution in [0.3, 0.4) is 0 Å². The monoisotopic (exact) mass is 498 g/mol. The van der Waals surface area contributed by atoms with Crippen LogP contribution in [0.4, 0.5) is 0 Å². The topological polar surface area (TPSA) is 101 Å². The van der Waals surface area contributed by atoms with E-state index in [1.807, 2.05) is 13.0 Å². The minimum Gasteiger partial charge on any atom is -0.508 e. The molecule has 1 aliphatic heterocycles. The molecule has 1 unspecified atom stereocenters. The largest absolute Gasteiger partial charge is 0.508 e. The third-order valence-electron chi connectivity index (χ3n) is 8.96. The summed E-state index contributed by atoms with van der Waals surface area (Å²) in [5, 5.41) is 15.3. The Labute approximate surface area is 209 Å². The maximum absolute atomic E-state index is 13.2. The van der Waals surface area contributed by atoms with Gasteiger partial charge in [0.05, 0.1) is 4.90 Å². The molecule has 0 radical (unpaired) electrons. The second-order valence-corrected chi connectivity index (χ2v) is 12.8. The molecular formula is C28H38N2O4S. The Morgan fingerprint density at radius 2 is 1.69 bits per heavy atom. The van der Waals surface area contributed by atoms with Gasteiger partial charge in [0.15, 0.2) is 0 Å². The summed E-state index contributed by atoms with van der Waals surface area (Å²) >= 11 is 0. The summed E-state index contributed by atoms with van der Waals surface area (Å²) in [4.78, 5) is 15.5. The van der Waals surface area contributed by atoms with Crippen LogP contribution in [-0.2, 0) is 26.7 Å². The highest BCUT2D eigenvalue weighted by molar-refractivity contribution is 7.89. The molecular weight excluding hydrogens is 460 g/mol. The van der Waals surface area contributed by atoms with E-state index in [1.54, 1.807) is 18.2 Å². The Bertz CT molecular complexity index is 1200. The van der Waals surface area contributed by atoms with Gasteiger partial charge in [-0.3, -0.25) is 4.79 Å². The number of hydrogen-bond donors (Lipinski definition) is 2. The molecule has 2 aromatic carbocycles. The number of piperidine rings is 1. The van der Waals surface area contributed by atoms with E-state index in [2.05, 4.69) is 31.7 Å². The normalized spacial score (nSPS) is 25.4. The molecule has 3 N–H and O–H groups in total. The zero-order valence-corrected chi connectivity index (χ0v) is 22.1. The van der Waals surface area contributed by atoms with Crippen molar-refractivity contribution in [3.63, 3.8) is 0 Å². The number of likely N-dealkylation sites (tertiary alicyclic amines) is 1. The van der Waals surface area contributed by atoms with Gasteiger partial charge in [-0.25, -0.2) is 13.6 Å². The van der Waals surface area contributed by atoms with Gasteiger partial charge in [-0.15, -0.1) is 0 Å². The number of amides is 1. The highest BCUT2D eigenvalue weighted by Gasteiger charge is 2.57. The minimum absolute atomic E-state index is 0.0104. The Morgan fingerprint density at radius 1 is 1.06 bits per heavy atom. The fourth-order valence-corrected chi connectivity index (χ4v) is 6.84. The lowest BCUT2D eigenvalue weighted by atomic mass is 9.51. The van der Waals surface area contributed by atoms with Gasteiger partial charge in [-0.2, -0.15) is 0 Å². The van der Waals surface area contributed by atoms with Crippen molar-refractivity contribution in [2.75, 3.05) is 6.54 Å². The highest BCUT2D eigenvalue weighted by atomic mass is 32.2. The van der Waals surface area contributed by atoms with Crippen LogP contribution in [0.1, 0.15) is 69.6 Å². The standard InChI is InChI=1S/C21H29NO2.C7H9NO2S/c1-20(2)18-13-15-16(9-6-10-17(15)23)21(20,3)11-12-22(18)19(24)14-7-4-5-8-14;1-6-2-4-7(5-3-6)11(8,9)10/h6,9-10,14,18,23H,4-5,7-8,11-13H2,1-3H3;2-5H,1H3,(H2,8,9,10)/t18-,21?;/m1./s1. The van der Waals surface area contributed by atoms with Gasteiger partial charge >= 0.3 is 0 Å². The molecule has 1 heterocycles. The number of aromatic hydroxyl groups is 1. The summed E-state index contributed by atoms with van der Waals surface area (Å²) in [6, 6.07) is 12.5. The van der Waals surface area contributed by atoms with Crippen molar-refractivity contribution in [3.05, 3.63) is 59.2 Å². The average Bonchev–Trinajstić information content (AvgIpc) is 3.32. The maximum atomic E-state index is 13.2. The van der Waals surface area contributed by atoms with Crippen molar-refractivity contribution in [1.82, 2.24) is 4.90 Å². The molecule has 1 amide bonds. The highest BCUT2D eigenvalue weighted by Crippen LogP contribution is 2.57. The lowest BCUT2D eigenvalue weighted by Gasteiger charge is -2.61. The number of phenols is 1. The summed E-state index contributed by atoms with van der Waals surface area (Å²) in [6.45, 7) is 9.70. The van der Waals surface area contributed by atoms with Crippen LogP contribution < -0.4 is 5.14 Å². The number of hydrogen-bond acceptors (Lipinski definition) is 4. The smallest absolute Gasteiger partial charge is 0.238 e. The Kier molecular flexibility index (Phi) is 6.79. The number of aryl methyl sites for hydroxylation is 1. The van der Waals surface area contributed by atoms with Gasteiger partial charge in [0.2, 0.25) is 15.9 Å². The molecule has 0 spiro atoms. The third kappa shape index (κ3) is 4.60. The Balaban J connectivity index is 0.000000221. The van der Waals surface area contributed by atoms with E-state index in [9.17, 15) is 18.3 Å². The zero-order valence-electron chi connectivity index (χ0n) is 21.3. The van der Waals surface area contributed by atoms with Crippen molar-refractivity contribution in [3.8, 4) is 5.75 Å². The number of sulfonamides is 1. The lowest BCUT2D eigenvalue weighted by Crippen LogP contribution is -2.65. The van der Waals surface area contributed by atoms with Crippen molar-refractivity contribution in [2.45, 2.75) is 82.6 Å². The van der Waals surface area contributed by atoms with Crippen LogP contribution in [0, 0.1) is 18.3 Å². The number of benzene rings is 2. The number of rotatable bonds is 2. The second-order valence-electron chi connectivity index (χ2n) is 11.2. The predicted molar refractivity (Wildman–Crippen MR) is 138 cm³/mol. The van der Waals surface area contributed by atoms with Gasteiger partial charge < -0.3 is 10.0 Å². The first kappa shape index (κ1) is 25.7. The summed E-state index contributed by atoms with van der Waals surface area (Å²) in [5.74, 6) is 0.997. The van der Waals surface area contributed by atoms with Gasteiger partial charge in [0.1, 0.15) is 5.75 Å². The first-order chi connectivity index (χ1) is 16.4. The molecule has 1 saturated heterocycles. The number of nitrogens with two attached hydrogens (primary N) is 1. The summed E-state index contributed by atoms with van der Waals surface area (Å²) in [7, 11) is -3.52. The lowest BCUT2D eigenvalue weighted by molar-refractivity contribution is -0.148. The maximum Gasteiger partial charge on any atom is 0.238 e. The number of phenolic OH excluding ortho intramolecular Hbond substituents is 1. The summed E-state index contributed by atoms with van der Waals surface area (Å²) < 4.78 is 21.4. The van der Waals surface area contributed by atoms with Gasteiger partial charge in [0.25, 0.3) is 0 Å². The molecule has 7 heteroatoms. The van der Waals surface area contributed by atoms with Crippen LogP contribution in [0.5, 0.6) is 5.75 Å². The van der Waals surface area contributed by atoms with E-state index in [1.165, 1.54) is 30.5 Å². The molecule has 2 aliphatic carbocycles. The third-order valence-corrected chi connectivity index (χ3v) is 9.89. The Hall–Kier alpha value is -2.38. The second kappa shape index (κ2) is 9.25. The van der Waals surface area contributed by atoms with Crippen molar-refractivity contribution < 1.29 is 18.3 Å². The molecule has 6 nitrogen and oxygen atoms in total. The molecule has 2 fully saturated rings. The molecule has 1 saturated carbocycles.